The normalized spacial score (nSPS) is 42.9. The third-order valence-electron chi connectivity index (χ3n) is 4.34. The van der Waals surface area contributed by atoms with Crippen molar-refractivity contribution < 1.29 is 9.84 Å². The molecule has 16 heavy (non-hydrogen) atoms. The van der Waals surface area contributed by atoms with Crippen LogP contribution in [-0.2, 0) is 4.74 Å². The van der Waals surface area contributed by atoms with Crippen LogP contribution < -0.4 is 0 Å². The van der Waals surface area contributed by atoms with Crippen molar-refractivity contribution in [3.63, 3.8) is 0 Å². The molecule has 3 nitrogen and oxygen atoms in total. The lowest BCUT2D eigenvalue weighted by molar-refractivity contribution is -0.112. The van der Waals surface area contributed by atoms with Crippen LogP contribution in [0.2, 0.25) is 0 Å². The fourth-order valence-corrected chi connectivity index (χ4v) is 3.36. The highest BCUT2D eigenvalue weighted by Crippen LogP contribution is 2.51. The number of nitriles is 1. The van der Waals surface area contributed by atoms with Gasteiger partial charge in [-0.1, -0.05) is 13.8 Å². The summed E-state index contributed by atoms with van der Waals surface area (Å²) in [6.07, 6.45) is 4.28. The van der Waals surface area contributed by atoms with Gasteiger partial charge in [0, 0.05) is 6.61 Å². The first-order valence-electron chi connectivity index (χ1n) is 6.15. The second-order valence-corrected chi connectivity index (χ2v) is 6.22. The van der Waals surface area contributed by atoms with Crippen LogP contribution in [0.25, 0.3) is 0 Å². The topological polar surface area (TPSA) is 53.2 Å². The first-order valence-corrected chi connectivity index (χ1v) is 6.15. The van der Waals surface area contributed by atoms with Crippen molar-refractivity contribution in [1.82, 2.24) is 0 Å². The molecule has 0 aromatic heterocycles. The van der Waals surface area contributed by atoms with Gasteiger partial charge in [0.25, 0.3) is 0 Å². The summed E-state index contributed by atoms with van der Waals surface area (Å²) in [5.41, 5.74) is -1.37. The molecule has 1 saturated heterocycles. The highest BCUT2D eigenvalue weighted by atomic mass is 16.5. The summed E-state index contributed by atoms with van der Waals surface area (Å²) in [7, 11) is 0. The molecule has 0 aromatic carbocycles. The minimum absolute atomic E-state index is 0.138. The second-order valence-electron chi connectivity index (χ2n) is 6.22. The maximum absolute atomic E-state index is 10.9. The van der Waals surface area contributed by atoms with Crippen LogP contribution in [0, 0.1) is 22.2 Å². The van der Waals surface area contributed by atoms with Gasteiger partial charge in [0.15, 0.2) is 0 Å². The number of rotatable bonds is 1. The molecule has 0 amide bonds. The van der Waals surface area contributed by atoms with Gasteiger partial charge in [0.05, 0.1) is 18.3 Å². The smallest absolute Gasteiger partial charge is 0.111 e. The molecule has 1 aliphatic heterocycles. The molecule has 2 rings (SSSR count). The maximum atomic E-state index is 10.9. The first kappa shape index (κ1) is 11.9. The average molecular weight is 223 g/mol. The van der Waals surface area contributed by atoms with Crippen LogP contribution in [0.1, 0.15) is 46.0 Å². The zero-order chi connectivity index (χ0) is 11.9. The standard InChI is InChI=1S/C13H21NO2/c1-11(2)4-3-5-13(15,8-11)12(9-14)6-7-16-10-12/h15H,3-8,10H2,1-2H3. The van der Waals surface area contributed by atoms with E-state index in [4.69, 9.17) is 4.74 Å². The third-order valence-corrected chi connectivity index (χ3v) is 4.34. The number of aliphatic hydroxyl groups is 1. The van der Waals surface area contributed by atoms with E-state index in [9.17, 15) is 10.4 Å². The van der Waals surface area contributed by atoms with Crippen molar-refractivity contribution >= 4 is 0 Å². The van der Waals surface area contributed by atoms with Gasteiger partial charge in [-0.3, -0.25) is 0 Å². The number of nitrogens with zero attached hydrogens (tertiary/aromatic N) is 1. The lowest BCUT2D eigenvalue weighted by atomic mass is 9.59. The van der Waals surface area contributed by atoms with Crippen LogP contribution in [0.3, 0.4) is 0 Å². The van der Waals surface area contributed by atoms with Crippen LogP contribution in [0.15, 0.2) is 0 Å². The highest BCUT2D eigenvalue weighted by Gasteiger charge is 2.56. The lowest BCUT2D eigenvalue weighted by Crippen LogP contribution is -2.52. The van der Waals surface area contributed by atoms with E-state index >= 15 is 0 Å². The molecule has 2 unspecified atom stereocenters. The zero-order valence-electron chi connectivity index (χ0n) is 10.3. The van der Waals surface area contributed by atoms with Crippen LogP contribution in [0.5, 0.6) is 0 Å². The second kappa shape index (κ2) is 3.72. The predicted molar refractivity (Wildman–Crippen MR) is 60.7 cm³/mol. The Hall–Kier alpha value is -0.590. The summed E-state index contributed by atoms with van der Waals surface area (Å²) >= 11 is 0. The van der Waals surface area contributed by atoms with Crippen LogP contribution >= 0.6 is 0 Å². The molecule has 90 valence electrons. The summed E-state index contributed by atoms with van der Waals surface area (Å²) in [5.74, 6) is 0. The molecular weight excluding hydrogens is 202 g/mol. The summed E-state index contributed by atoms with van der Waals surface area (Å²) < 4.78 is 5.36. The van der Waals surface area contributed by atoms with Gasteiger partial charge in [-0.25, -0.2) is 0 Å². The minimum atomic E-state index is -0.847. The molecule has 0 aromatic rings. The number of hydrogen-bond acceptors (Lipinski definition) is 3. The molecule has 1 heterocycles. The van der Waals surface area contributed by atoms with E-state index in [1.165, 1.54) is 0 Å². The Morgan fingerprint density at radius 3 is 2.50 bits per heavy atom. The van der Waals surface area contributed by atoms with E-state index in [-0.39, 0.29) is 5.41 Å². The van der Waals surface area contributed by atoms with E-state index in [1.807, 2.05) is 0 Å². The largest absolute Gasteiger partial charge is 0.388 e. The van der Waals surface area contributed by atoms with Crippen molar-refractivity contribution in [2.45, 2.75) is 51.6 Å². The van der Waals surface area contributed by atoms with E-state index in [0.717, 1.165) is 25.7 Å². The molecule has 3 heteroatoms. The van der Waals surface area contributed by atoms with Crippen LogP contribution in [0.4, 0.5) is 0 Å². The zero-order valence-corrected chi connectivity index (χ0v) is 10.3. The minimum Gasteiger partial charge on any atom is -0.388 e. The molecule has 2 atom stereocenters. The molecule has 2 fully saturated rings. The lowest BCUT2D eigenvalue weighted by Gasteiger charge is -2.48. The fourth-order valence-electron chi connectivity index (χ4n) is 3.36. The van der Waals surface area contributed by atoms with E-state index in [0.29, 0.717) is 19.6 Å². The van der Waals surface area contributed by atoms with E-state index in [2.05, 4.69) is 19.9 Å². The molecule has 0 bridgehead atoms. The molecule has 1 saturated carbocycles. The molecule has 1 N–H and O–H groups in total. The van der Waals surface area contributed by atoms with Gasteiger partial charge in [0.2, 0.25) is 0 Å². The monoisotopic (exact) mass is 223 g/mol. The summed E-state index contributed by atoms with van der Waals surface area (Å²) in [6, 6.07) is 2.35. The van der Waals surface area contributed by atoms with Crippen molar-refractivity contribution in [1.29, 1.82) is 5.26 Å². The van der Waals surface area contributed by atoms with Crippen molar-refractivity contribution in [3.8, 4) is 6.07 Å². The summed E-state index contributed by atoms with van der Waals surface area (Å²) in [4.78, 5) is 0. The Kier molecular flexibility index (Phi) is 2.76. The van der Waals surface area contributed by atoms with Gasteiger partial charge in [0.1, 0.15) is 5.41 Å². The van der Waals surface area contributed by atoms with Crippen LogP contribution in [-0.4, -0.2) is 23.9 Å². The first-order chi connectivity index (χ1) is 7.43. The Bertz CT molecular complexity index is 312. The van der Waals surface area contributed by atoms with E-state index in [1.54, 1.807) is 0 Å². The van der Waals surface area contributed by atoms with E-state index < -0.39 is 11.0 Å². The number of hydrogen-bond donors (Lipinski definition) is 1. The van der Waals surface area contributed by atoms with Gasteiger partial charge in [-0.15, -0.1) is 0 Å². The summed E-state index contributed by atoms with van der Waals surface area (Å²) in [5, 5.41) is 20.3. The van der Waals surface area contributed by atoms with Crippen molar-refractivity contribution in [2.24, 2.45) is 10.8 Å². The van der Waals surface area contributed by atoms with Crippen molar-refractivity contribution in [2.75, 3.05) is 13.2 Å². The quantitative estimate of drug-likeness (QED) is 0.741. The molecular formula is C13H21NO2. The Morgan fingerprint density at radius 1 is 1.25 bits per heavy atom. The van der Waals surface area contributed by atoms with Crippen molar-refractivity contribution in [3.05, 3.63) is 0 Å². The fraction of sp³-hybridized carbons (Fsp3) is 0.923. The molecule has 2 aliphatic rings. The predicted octanol–water partition coefficient (Wildman–Crippen LogP) is 2.25. The van der Waals surface area contributed by atoms with Gasteiger partial charge < -0.3 is 9.84 Å². The van der Waals surface area contributed by atoms with Gasteiger partial charge >= 0.3 is 0 Å². The molecule has 0 spiro atoms. The Labute approximate surface area is 97.4 Å². The Balaban J connectivity index is 2.27. The molecule has 1 aliphatic carbocycles. The average Bonchev–Trinajstić information content (AvgIpc) is 2.65. The van der Waals surface area contributed by atoms with Gasteiger partial charge in [-0.05, 0) is 37.5 Å². The maximum Gasteiger partial charge on any atom is 0.111 e. The Morgan fingerprint density at radius 2 is 2.00 bits per heavy atom. The van der Waals surface area contributed by atoms with Gasteiger partial charge in [-0.2, -0.15) is 5.26 Å². The highest BCUT2D eigenvalue weighted by molar-refractivity contribution is 5.15. The SMILES string of the molecule is CC1(C)CCCC(O)(C2(C#N)CCOC2)C1. The molecule has 0 radical (unpaired) electrons. The summed E-state index contributed by atoms with van der Waals surface area (Å²) in [6.45, 7) is 5.36. The number of ether oxygens (including phenoxy) is 1. The third kappa shape index (κ3) is 1.74.